The van der Waals surface area contributed by atoms with Gasteiger partial charge in [0.2, 0.25) is 5.91 Å². The van der Waals surface area contributed by atoms with Gasteiger partial charge in [0.1, 0.15) is 11.6 Å². The molecule has 0 aliphatic rings. The third-order valence-electron chi connectivity index (χ3n) is 5.59. The lowest BCUT2D eigenvalue weighted by Crippen LogP contribution is -2.30. The number of rotatable bonds is 9. The van der Waals surface area contributed by atoms with Crippen LogP contribution < -0.4 is 5.32 Å². The number of aryl methyl sites for hydroxylation is 1. The number of nitrogens with one attached hydrogen (secondary N) is 1. The molecule has 0 spiro atoms. The lowest BCUT2D eigenvalue weighted by Gasteiger charge is -2.20. The standard InChI is InChI=1S/C26H31F2N3O/c1-17(2)16-31-19(4)24(18(3)30-31)11-12-26(32)29-25(21-8-6-10-23(28)15-21)14-20-7-5-9-22(27)13-20/h5-10,13,15,17,25H,11-12,14,16H2,1-4H3,(H,29,32). The predicted molar refractivity (Wildman–Crippen MR) is 122 cm³/mol. The van der Waals surface area contributed by atoms with Gasteiger partial charge in [-0.05, 0) is 73.6 Å². The second kappa shape index (κ2) is 10.5. The van der Waals surface area contributed by atoms with Crippen molar-refractivity contribution in [3.63, 3.8) is 0 Å². The van der Waals surface area contributed by atoms with E-state index in [1.165, 1.54) is 24.3 Å². The molecule has 4 nitrogen and oxygen atoms in total. The molecule has 0 radical (unpaired) electrons. The maximum absolute atomic E-state index is 13.8. The minimum absolute atomic E-state index is 0.133. The summed E-state index contributed by atoms with van der Waals surface area (Å²) in [5, 5.41) is 7.64. The van der Waals surface area contributed by atoms with Crippen molar-refractivity contribution in [1.29, 1.82) is 0 Å². The van der Waals surface area contributed by atoms with E-state index in [-0.39, 0.29) is 17.5 Å². The molecule has 1 N–H and O–H groups in total. The Morgan fingerprint density at radius 3 is 2.41 bits per heavy atom. The normalized spacial score (nSPS) is 12.2. The van der Waals surface area contributed by atoms with Gasteiger partial charge in [-0.3, -0.25) is 9.48 Å². The van der Waals surface area contributed by atoms with Crippen molar-refractivity contribution in [1.82, 2.24) is 15.1 Å². The lowest BCUT2D eigenvalue weighted by molar-refractivity contribution is -0.121. The first-order valence-corrected chi connectivity index (χ1v) is 11.0. The van der Waals surface area contributed by atoms with Crippen molar-refractivity contribution in [2.45, 2.75) is 59.5 Å². The quantitative estimate of drug-likeness (QED) is 0.481. The van der Waals surface area contributed by atoms with Crippen LogP contribution in [-0.2, 0) is 24.2 Å². The van der Waals surface area contributed by atoms with Gasteiger partial charge in [-0.15, -0.1) is 0 Å². The number of hydrogen-bond acceptors (Lipinski definition) is 2. The Kier molecular flexibility index (Phi) is 7.78. The molecule has 32 heavy (non-hydrogen) atoms. The molecule has 1 amide bonds. The van der Waals surface area contributed by atoms with E-state index in [9.17, 15) is 13.6 Å². The number of nitrogens with zero attached hydrogens (tertiary/aromatic N) is 2. The number of amides is 1. The summed E-state index contributed by atoms with van der Waals surface area (Å²) in [6.07, 6.45) is 1.25. The van der Waals surface area contributed by atoms with Crippen LogP contribution in [0.2, 0.25) is 0 Å². The third kappa shape index (κ3) is 6.25. The van der Waals surface area contributed by atoms with E-state index in [1.807, 2.05) is 18.5 Å². The highest BCUT2D eigenvalue weighted by molar-refractivity contribution is 5.76. The topological polar surface area (TPSA) is 46.9 Å². The second-order valence-corrected chi connectivity index (χ2v) is 8.73. The number of carbonyl (C=O) groups is 1. The Labute approximate surface area is 188 Å². The largest absolute Gasteiger partial charge is 0.349 e. The zero-order valence-electron chi connectivity index (χ0n) is 19.2. The molecule has 3 rings (SSSR count). The third-order valence-corrected chi connectivity index (χ3v) is 5.59. The molecule has 0 saturated carbocycles. The number of hydrogen-bond donors (Lipinski definition) is 1. The van der Waals surface area contributed by atoms with Crippen LogP contribution in [-0.4, -0.2) is 15.7 Å². The van der Waals surface area contributed by atoms with Gasteiger partial charge in [0.15, 0.2) is 0 Å². The molecule has 1 heterocycles. The van der Waals surface area contributed by atoms with Crippen LogP contribution in [0.25, 0.3) is 0 Å². The fourth-order valence-corrected chi connectivity index (χ4v) is 4.00. The lowest BCUT2D eigenvalue weighted by atomic mass is 9.98. The highest BCUT2D eigenvalue weighted by Crippen LogP contribution is 2.21. The zero-order chi connectivity index (χ0) is 23.3. The Bertz CT molecular complexity index is 1070. The summed E-state index contributed by atoms with van der Waals surface area (Å²) in [6, 6.07) is 12.0. The van der Waals surface area contributed by atoms with Gasteiger partial charge in [0, 0.05) is 18.7 Å². The van der Waals surface area contributed by atoms with Gasteiger partial charge in [-0.1, -0.05) is 38.1 Å². The molecule has 1 aromatic heterocycles. The summed E-state index contributed by atoms with van der Waals surface area (Å²) in [5.74, 6) is -0.356. The molecule has 6 heteroatoms. The van der Waals surface area contributed by atoms with Crippen LogP contribution in [0.15, 0.2) is 48.5 Å². The molecular formula is C26H31F2N3O. The number of aromatic nitrogens is 2. The Morgan fingerprint density at radius 2 is 1.75 bits per heavy atom. The highest BCUT2D eigenvalue weighted by atomic mass is 19.1. The molecule has 0 aliphatic carbocycles. The average molecular weight is 440 g/mol. The first-order chi connectivity index (χ1) is 15.2. The number of halogens is 2. The van der Waals surface area contributed by atoms with Gasteiger partial charge in [0.05, 0.1) is 11.7 Å². The van der Waals surface area contributed by atoms with Crippen molar-refractivity contribution in [3.8, 4) is 0 Å². The highest BCUT2D eigenvalue weighted by Gasteiger charge is 2.18. The van der Waals surface area contributed by atoms with E-state index >= 15 is 0 Å². The van der Waals surface area contributed by atoms with Gasteiger partial charge in [0.25, 0.3) is 0 Å². The Hall–Kier alpha value is -3.02. The van der Waals surface area contributed by atoms with E-state index in [1.54, 1.807) is 24.3 Å². The predicted octanol–water partition coefficient (Wildman–Crippen LogP) is 5.47. The molecular weight excluding hydrogens is 408 g/mol. The van der Waals surface area contributed by atoms with Crippen molar-refractivity contribution in [3.05, 3.63) is 88.2 Å². The molecule has 3 aromatic rings. The van der Waals surface area contributed by atoms with Gasteiger partial charge in [-0.25, -0.2) is 8.78 Å². The summed E-state index contributed by atoms with van der Waals surface area (Å²) in [6.45, 7) is 9.14. The zero-order valence-corrected chi connectivity index (χ0v) is 19.2. The van der Waals surface area contributed by atoms with Gasteiger partial charge >= 0.3 is 0 Å². The monoisotopic (exact) mass is 439 g/mol. The molecule has 0 fully saturated rings. The summed E-state index contributed by atoms with van der Waals surface area (Å²) in [7, 11) is 0. The molecule has 1 unspecified atom stereocenters. The molecule has 2 aromatic carbocycles. The Balaban J connectivity index is 1.72. The van der Waals surface area contributed by atoms with Crippen LogP contribution >= 0.6 is 0 Å². The average Bonchev–Trinajstić information content (AvgIpc) is 2.98. The summed E-state index contributed by atoms with van der Waals surface area (Å²) in [4.78, 5) is 12.8. The van der Waals surface area contributed by atoms with Crippen molar-refractivity contribution in [2.24, 2.45) is 5.92 Å². The van der Waals surface area contributed by atoms with Crippen LogP contribution in [0.4, 0.5) is 8.78 Å². The van der Waals surface area contributed by atoms with Crippen molar-refractivity contribution in [2.75, 3.05) is 0 Å². The minimum Gasteiger partial charge on any atom is -0.349 e. The fraction of sp³-hybridized carbons (Fsp3) is 0.385. The fourth-order valence-electron chi connectivity index (χ4n) is 4.00. The molecule has 1 atom stereocenters. The van der Waals surface area contributed by atoms with Crippen LogP contribution in [0.1, 0.15) is 54.4 Å². The first kappa shape index (κ1) is 23.6. The molecule has 170 valence electrons. The van der Waals surface area contributed by atoms with Gasteiger partial charge < -0.3 is 5.32 Å². The number of carbonyl (C=O) groups excluding carboxylic acids is 1. The maximum atomic E-state index is 13.8. The SMILES string of the molecule is Cc1nn(CC(C)C)c(C)c1CCC(=O)NC(Cc1cccc(F)c1)c1cccc(F)c1. The summed E-state index contributed by atoms with van der Waals surface area (Å²) >= 11 is 0. The van der Waals surface area contributed by atoms with E-state index in [2.05, 4.69) is 24.3 Å². The van der Waals surface area contributed by atoms with Crippen LogP contribution in [0.5, 0.6) is 0 Å². The second-order valence-electron chi connectivity index (χ2n) is 8.73. The van der Waals surface area contributed by atoms with Crippen LogP contribution in [0, 0.1) is 31.4 Å². The number of benzene rings is 2. The van der Waals surface area contributed by atoms with E-state index in [0.717, 1.165) is 29.1 Å². The summed E-state index contributed by atoms with van der Waals surface area (Å²) in [5.41, 5.74) is 4.51. The Morgan fingerprint density at radius 1 is 1.06 bits per heavy atom. The van der Waals surface area contributed by atoms with E-state index in [4.69, 9.17) is 0 Å². The van der Waals surface area contributed by atoms with Crippen molar-refractivity contribution < 1.29 is 13.6 Å². The van der Waals surface area contributed by atoms with Crippen LogP contribution in [0.3, 0.4) is 0 Å². The smallest absolute Gasteiger partial charge is 0.220 e. The first-order valence-electron chi connectivity index (χ1n) is 11.0. The molecule has 0 bridgehead atoms. The van der Waals surface area contributed by atoms with Crippen molar-refractivity contribution >= 4 is 5.91 Å². The molecule has 0 aliphatic heterocycles. The summed E-state index contributed by atoms with van der Waals surface area (Å²) < 4.78 is 29.5. The maximum Gasteiger partial charge on any atom is 0.220 e. The van der Waals surface area contributed by atoms with Gasteiger partial charge in [-0.2, -0.15) is 5.10 Å². The van der Waals surface area contributed by atoms with E-state index < -0.39 is 6.04 Å². The van der Waals surface area contributed by atoms with E-state index in [0.29, 0.717) is 30.7 Å². The molecule has 0 saturated heterocycles. The minimum atomic E-state index is -0.453.